The van der Waals surface area contributed by atoms with Crippen molar-refractivity contribution in [1.29, 1.82) is 0 Å². The van der Waals surface area contributed by atoms with Crippen molar-refractivity contribution in [2.24, 2.45) is 0 Å². The van der Waals surface area contributed by atoms with Crippen LogP contribution in [0.5, 0.6) is 11.5 Å². The monoisotopic (exact) mass is 310 g/mol. The summed E-state index contributed by atoms with van der Waals surface area (Å²) >= 11 is 0. The van der Waals surface area contributed by atoms with Gasteiger partial charge in [0, 0.05) is 18.5 Å². The zero-order valence-electron chi connectivity index (χ0n) is 12.8. The zero-order chi connectivity index (χ0) is 16.4. The smallest absolute Gasteiger partial charge is 0.251 e. The molecule has 0 fully saturated rings. The van der Waals surface area contributed by atoms with E-state index in [-0.39, 0.29) is 12.3 Å². The van der Waals surface area contributed by atoms with Crippen LogP contribution in [0.2, 0.25) is 0 Å². The molecule has 1 rings (SSSR count). The Morgan fingerprint density at radius 2 is 1.82 bits per heavy atom. The van der Waals surface area contributed by atoms with Crippen molar-refractivity contribution in [2.75, 3.05) is 20.8 Å². The van der Waals surface area contributed by atoms with Gasteiger partial charge in [-0.05, 0) is 31.0 Å². The number of carbonyl (C=O) groups excluding carboxylic acids is 2. The molecule has 7 heteroatoms. The Bertz CT molecular complexity index is 505. The average molecular weight is 310 g/mol. The third-order valence-electron chi connectivity index (χ3n) is 3.14. The Kier molecular flexibility index (Phi) is 7.77. The molecule has 0 heterocycles. The molecule has 2 amide bonds. The van der Waals surface area contributed by atoms with Crippen molar-refractivity contribution in [1.82, 2.24) is 10.8 Å². The molecule has 0 aliphatic heterocycles. The summed E-state index contributed by atoms with van der Waals surface area (Å²) in [6, 6.07) is 4.98. The summed E-state index contributed by atoms with van der Waals surface area (Å²) in [5.41, 5.74) is 2.08. The Morgan fingerprint density at radius 3 is 2.45 bits per heavy atom. The van der Waals surface area contributed by atoms with E-state index in [1.165, 1.54) is 14.2 Å². The first kappa shape index (κ1) is 17.8. The molecule has 3 N–H and O–H groups in total. The normalized spacial score (nSPS) is 9.95. The lowest BCUT2D eigenvalue weighted by molar-refractivity contribution is -0.129. The summed E-state index contributed by atoms with van der Waals surface area (Å²) in [5.74, 6) is 0.495. The minimum Gasteiger partial charge on any atom is -0.493 e. The first-order chi connectivity index (χ1) is 10.6. The van der Waals surface area contributed by atoms with Crippen LogP contribution in [-0.4, -0.2) is 37.8 Å². The lowest BCUT2D eigenvalue weighted by Gasteiger charge is -2.10. The van der Waals surface area contributed by atoms with E-state index in [1.807, 2.05) is 0 Å². The average Bonchev–Trinajstić information content (AvgIpc) is 2.56. The van der Waals surface area contributed by atoms with Gasteiger partial charge in [0.15, 0.2) is 11.5 Å². The molecule has 0 saturated carbocycles. The van der Waals surface area contributed by atoms with Crippen LogP contribution in [0.3, 0.4) is 0 Å². The van der Waals surface area contributed by atoms with Crippen molar-refractivity contribution in [3.63, 3.8) is 0 Å². The molecular formula is C15H22N2O5. The second-order valence-electron chi connectivity index (χ2n) is 4.67. The second-order valence-corrected chi connectivity index (χ2v) is 4.67. The number of carbonyl (C=O) groups is 2. The molecule has 1 aromatic rings. The number of rotatable bonds is 9. The summed E-state index contributed by atoms with van der Waals surface area (Å²) in [6.07, 6.45) is 2.50. The fourth-order valence-electron chi connectivity index (χ4n) is 1.92. The maximum absolute atomic E-state index is 12.0. The van der Waals surface area contributed by atoms with Gasteiger partial charge in [-0.3, -0.25) is 14.8 Å². The summed E-state index contributed by atoms with van der Waals surface area (Å²) in [4.78, 5) is 22.8. The van der Waals surface area contributed by atoms with Gasteiger partial charge in [-0.25, -0.2) is 5.48 Å². The van der Waals surface area contributed by atoms with Crippen LogP contribution in [-0.2, 0) is 4.79 Å². The largest absolute Gasteiger partial charge is 0.493 e. The molecule has 0 spiro atoms. The van der Waals surface area contributed by atoms with E-state index in [0.29, 0.717) is 30.0 Å². The first-order valence-corrected chi connectivity index (χ1v) is 7.05. The molecule has 0 atom stereocenters. The standard InChI is InChI=1S/C15H22N2O5/c1-21-12-8-7-11(10-13(12)22-2)15(19)16-9-5-3-4-6-14(18)17-20/h7-8,10,20H,3-6,9H2,1-2H3,(H,16,19)(H,17,18). The summed E-state index contributed by atoms with van der Waals surface area (Å²) in [7, 11) is 3.05. The van der Waals surface area contributed by atoms with E-state index in [2.05, 4.69) is 5.32 Å². The van der Waals surface area contributed by atoms with E-state index in [0.717, 1.165) is 12.8 Å². The van der Waals surface area contributed by atoms with Crippen molar-refractivity contribution in [2.45, 2.75) is 25.7 Å². The first-order valence-electron chi connectivity index (χ1n) is 7.05. The van der Waals surface area contributed by atoms with Gasteiger partial charge in [0.05, 0.1) is 14.2 Å². The number of unbranched alkanes of at least 4 members (excludes halogenated alkanes) is 2. The molecule has 122 valence electrons. The predicted octanol–water partition coefficient (Wildman–Crippen LogP) is 1.50. The highest BCUT2D eigenvalue weighted by Crippen LogP contribution is 2.27. The molecule has 0 bridgehead atoms. The summed E-state index contributed by atoms with van der Waals surface area (Å²) in [5, 5.41) is 11.1. The highest BCUT2D eigenvalue weighted by Gasteiger charge is 2.10. The van der Waals surface area contributed by atoms with Gasteiger partial charge in [-0.15, -0.1) is 0 Å². The van der Waals surface area contributed by atoms with Crippen LogP contribution >= 0.6 is 0 Å². The third kappa shape index (κ3) is 5.61. The minimum absolute atomic E-state index is 0.186. The maximum atomic E-state index is 12.0. The van der Waals surface area contributed by atoms with Crippen LogP contribution in [0, 0.1) is 0 Å². The van der Waals surface area contributed by atoms with Crippen LogP contribution in [0.4, 0.5) is 0 Å². The van der Waals surface area contributed by atoms with Gasteiger partial charge >= 0.3 is 0 Å². The van der Waals surface area contributed by atoms with Crippen LogP contribution in [0.15, 0.2) is 18.2 Å². The fourth-order valence-corrected chi connectivity index (χ4v) is 1.92. The zero-order valence-corrected chi connectivity index (χ0v) is 12.8. The van der Waals surface area contributed by atoms with Crippen molar-refractivity contribution < 1.29 is 24.3 Å². The number of benzene rings is 1. The van der Waals surface area contributed by atoms with E-state index in [9.17, 15) is 9.59 Å². The van der Waals surface area contributed by atoms with Gasteiger partial charge in [-0.2, -0.15) is 0 Å². The Labute approximate surface area is 129 Å². The Hall–Kier alpha value is -2.28. The van der Waals surface area contributed by atoms with E-state index < -0.39 is 5.91 Å². The number of nitrogens with one attached hydrogen (secondary N) is 2. The predicted molar refractivity (Wildman–Crippen MR) is 80.3 cm³/mol. The minimum atomic E-state index is -0.394. The van der Waals surface area contributed by atoms with E-state index in [1.54, 1.807) is 23.7 Å². The molecule has 0 aromatic heterocycles. The Balaban J connectivity index is 2.35. The molecule has 7 nitrogen and oxygen atoms in total. The second kappa shape index (κ2) is 9.62. The van der Waals surface area contributed by atoms with E-state index >= 15 is 0 Å². The van der Waals surface area contributed by atoms with Gasteiger partial charge in [-0.1, -0.05) is 6.42 Å². The van der Waals surface area contributed by atoms with Crippen LogP contribution < -0.4 is 20.3 Å². The lowest BCUT2D eigenvalue weighted by atomic mass is 10.1. The van der Waals surface area contributed by atoms with Gasteiger partial charge in [0.1, 0.15) is 0 Å². The topological polar surface area (TPSA) is 96.9 Å². The molecule has 0 radical (unpaired) electrons. The highest BCUT2D eigenvalue weighted by atomic mass is 16.5. The molecule has 0 saturated heterocycles. The molecule has 0 unspecified atom stereocenters. The summed E-state index contributed by atoms with van der Waals surface area (Å²) in [6.45, 7) is 0.522. The number of amides is 2. The van der Waals surface area contributed by atoms with Crippen molar-refractivity contribution >= 4 is 11.8 Å². The number of hydrogen-bond acceptors (Lipinski definition) is 5. The third-order valence-corrected chi connectivity index (χ3v) is 3.14. The van der Waals surface area contributed by atoms with Gasteiger partial charge in [0.2, 0.25) is 5.91 Å². The lowest BCUT2D eigenvalue weighted by Crippen LogP contribution is -2.24. The van der Waals surface area contributed by atoms with Crippen molar-refractivity contribution in [3.8, 4) is 11.5 Å². The van der Waals surface area contributed by atoms with Gasteiger partial charge in [0.25, 0.3) is 5.91 Å². The number of ether oxygens (including phenoxy) is 2. The molecule has 1 aromatic carbocycles. The van der Waals surface area contributed by atoms with Gasteiger partial charge < -0.3 is 14.8 Å². The number of hydroxylamine groups is 1. The molecular weight excluding hydrogens is 288 g/mol. The van der Waals surface area contributed by atoms with Crippen LogP contribution in [0.1, 0.15) is 36.0 Å². The maximum Gasteiger partial charge on any atom is 0.251 e. The summed E-state index contributed by atoms with van der Waals surface area (Å²) < 4.78 is 10.3. The quantitative estimate of drug-likeness (QED) is 0.365. The SMILES string of the molecule is COc1ccc(C(=O)NCCCCCC(=O)NO)cc1OC. The Morgan fingerprint density at radius 1 is 1.09 bits per heavy atom. The number of hydrogen-bond donors (Lipinski definition) is 3. The van der Waals surface area contributed by atoms with E-state index in [4.69, 9.17) is 14.7 Å². The fraction of sp³-hybridized carbons (Fsp3) is 0.467. The molecule has 0 aliphatic rings. The highest BCUT2D eigenvalue weighted by molar-refractivity contribution is 5.94. The van der Waals surface area contributed by atoms with Crippen LogP contribution in [0.25, 0.3) is 0 Å². The molecule has 0 aliphatic carbocycles. The number of methoxy groups -OCH3 is 2. The molecule has 22 heavy (non-hydrogen) atoms. The van der Waals surface area contributed by atoms with Crippen molar-refractivity contribution in [3.05, 3.63) is 23.8 Å².